The average molecular weight is 391 g/mol. The van der Waals surface area contributed by atoms with E-state index in [0.29, 0.717) is 22.7 Å². The van der Waals surface area contributed by atoms with Crippen LogP contribution in [0.4, 0.5) is 11.4 Å². The Morgan fingerprint density at radius 3 is 2.34 bits per heavy atom. The Morgan fingerprint density at radius 2 is 1.69 bits per heavy atom. The van der Waals surface area contributed by atoms with Crippen LogP contribution in [0.5, 0.6) is 5.75 Å². The van der Waals surface area contributed by atoms with Crippen molar-refractivity contribution in [2.75, 3.05) is 17.7 Å². The first-order valence-electron chi connectivity index (χ1n) is 9.33. The highest BCUT2D eigenvalue weighted by atomic mass is 16.5. The van der Waals surface area contributed by atoms with Gasteiger partial charge in [0, 0.05) is 29.7 Å². The number of ether oxygens (including phenoxy) is 1. The zero-order valence-corrected chi connectivity index (χ0v) is 17.3. The van der Waals surface area contributed by atoms with Crippen molar-refractivity contribution in [1.82, 2.24) is 4.57 Å². The Morgan fingerprint density at radius 1 is 0.966 bits per heavy atom. The molecule has 3 aromatic rings. The van der Waals surface area contributed by atoms with Crippen molar-refractivity contribution < 1.29 is 14.3 Å². The Balaban J connectivity index is 1.96. The fourth-order valence-corrected chi connectivity index (χ4v) is 3.45. The number of amides is 2. The van der Waals surface area contributed by atoms with Crippen molar-refractivity contribution >= 4 is 23.2 Å². The van der Waals surface area contributed by atoms with Crippen molar-refractivity contribution in [3.63, 3.8) is 0 Å². The van der Waals surface area contributed by atoms with Crippen LogP contribution in [0.3, 0.4) is 0 Å². The molecule has 0 fully saturated rings. The van der Waals surface area contributed by atoms with Gasteiger partial charge in [-0.15, -0.1) is 0 Å². The molecule has 0 radical (unpaired) electrons. The Kier molecular flexibility index (Phi) is 5.73. The molecule has 29 heavy (non-hydrogen) atoms. The predicted molar refractivity (Wildman–Crippen MR) is 115 cm³/mol. The van der Waals surface area contributed by atoms with E-state index in [-0.39, 0.29) is 11.8 Å². The van der Waals surface area contributed by atoms with Crippen LogP contribution in [0.2, 0.25) is 0 Å². The molecule has 3 rings (SSSR count). The van der Waals surface area contributed by atoms with Crippen LogP contribution in [0.1, 0.15) is 34.2 Å². The highest BCUT2D eigenvalue weighted by Gasteiger charge is 2.19. The lowest BCUT2D eigenvalue weighted by atomic mass is 10.2. The molecule has 0 atom stereocenters. The first-order chi connectivity index (χ1) is 13.8. The molecule has 6 nitrogen and oxygen atoms in total. The fraction of sp³-hybridized carbons (Fsp3) is 0.217. The van der Waals surface area contributed by atoms with E-state index in [9.17, 15) is 9.59 Å². The van der Waals surface area contributed by atoms with Gasteiger partial charge in [0.05, 0.1) is 18.4 Å². The van der Waals surface area contributed by atoms with E-state index in [0.717, 1.165) is 22.6 Å². The van der Waals surface area contributed by atoms with Gasteiger partial charge in [-0.05, 0) is 56.7 Å². The standard InChI is InChI=1S/C23H25N3O3/c1-14-8-6-7-9-21(14)26-15(2)12-19(16(26)3)23(28)25-20-13-18(24-17(4)27)10-11-22(20)29-5/h6-13H,1-5H3,(H,24,27)(H,25,28). The molecular weight excluding hydrogens is 366 g/mol. The number of aromatic nitrogens is 1. The van der Waals surface area contributed by atoms with Crippen LogP contribution >= 0.6 is 0 Å². The summed E-state index contributed by atoms with van der Waals surface area (Å²) in [5.74, 6) is 0.0885. The maximum absolute atomic E-state index is 13.1. The first kappa shape index (κ1) is 20.2. The number of carbonyl (C=O) groups is 2. The number of anilines is 2. The van der Waals surface area contributed by atoms with Gasteiger partial charge in [-0.2, -0.15) is 0 Å². The molecule has 2 N–H and O–H groups in total. The van der Waals surface area contributed by atoms with Gasteiger partial charge in [0.25, 0.3) is 5.91 Å². The third kappa shape index (κ3) is 4.16. The van der Waals surface area contributed by atoms with Crippen molar-refractivity contribution in [2.45, 2.75) is 27.7 Å². The maximum Gasteiger partial charge on any atom is 0.257 e. The summed E-state index contributed by atoms with van der Waals surface area (Å²) in [6, 6.07) is 15.1. The summed E-state index contributed by atoms with van der Waals surface area (Å²) in [5.41, 5.74) is 5.66. The minimum Gasteiger partial charge on any atom is -0.495 e. The van der Waals surface area contributed by atoms with Crippen molar-refractivity contribution in [3.05, 3.63) is 71.0 Å². The minimum absolute atomic E-state index is 0.186. The molecule has 0 spiro atoms. The van der Waals surface area contributed by atoms with Crippen molar-refractivity contribution in [3.8, 4) is 11.4 Å². The Labute approximate surface area is 170 Å². The van der Waals surface area contributed by atoms with Gasteiger partial charge in [-0.25, -0.2) is 0 Å². The normalized spacial score (nSPS) is 10.5. The number of nitrogens with zero attached hydrogens (tertiary/aromatic N) is 1. The molecule has 0 aliphatic carbocycles. The van der Waals surface area contributed by atoms with Crippen LogP contribution < -0.4 is 15.4 Å². The van der Waals surface area contributed by atoms with Crippen LogP contribution in [-0.4, -0.2) is 23.5 Å². The lowest BCUT2D eigenvalue weighted by Gasteiger charge is -2.14. The molecule has 150 valence electrons. The number of rotatable bonds is 5. The minimum atomic E-state index is -0.240. The first-order valence-corrected chi connectivity index (χ1v) is 9.33. The number of benzene rings is 2. The summed E-state index contributed by atoms with van der Waals surface area (Å²) < 4.78 is 7.43. The summed E-state index contributed by atoms with van der Waals surface area (Å²) in [6.45, 7) is 7.39. The number of carbonyl (C=O) groups excluding carboxylic acids is 2. The van der Waals surface area contributed by atoms with Gasteiger partial charge in [-0.1, -0.05) is 18.2 Å². The summed E-state index contributed by atoms with van der Waals surface area (Å²) >= 11 is 0. The molecule has 0 unspecified atom stereocenters. The quantitative estimate of drug-likeness (QED) is 0.666. The monoisotopic (exact) mass is 391 g/mol. The number of methoxy groups -OCH3 is 1. The van der Waals surface area contributed by atoms with Crippen molar-refractivity contribution in [1.29, 1.82) is 0 Å². The SMILES string of the molecule is COc1ccc(NC(C)=O)cc1NC(=O)c1cc(C)n(-c2ccccc2C)c1C. The maximum atomic E-state index is 13.1. The van der Waals surface area contributed by atoms with Gasteiger partial charge >= 0.3 is 0 Å². The topological polar surface area (TPSA) is 72.4 Å². The van der Waals surface area contributed by atoms with Crippen molar-refractivity contribution in [2.24, 2.45) is 0 Å². The van der Waals surface area contributed by atoms with Crippen LogP contribution in [0, 0.1) is 20.8 Å². The lowest BCUT2D eigenvalue weighted by molar-refractivity contribution is -0.114. The third-order valence-electron chi connectivity index (χ3n) is 4.80. The smallest absolute Gasteiger partial charge is 0.257 e. The van der Waals surface area contributed by atoms with E-state index in [1.807, 2.05) is 51.1 Å². The molecular formula is C23H25N3O3. The molecule has 2 amide bonds. The molecule has 0 aliphatic heterocycles. The van der Waals surface area contributed by atoms with Crippen LogP contribution in [0.15, 0.2) is 48.5 Å². The summed E-state index contributed by atoms with van der Waals surface area (Å²) in [6.07, 6.45) is 0. The number of hydrogen-bond donors (Lipinski definition) is 2. The summed E-state index contributed by atoms with van der Waals surface area (Å²) in [4.78, 5) is 24.4. The number of hydrogen-bond acceptors (Lipinski definition) is 3. The second-order valence-electron chi connectivity index (χ2n) is 6.96. The van der Waals surface area contributed by atoms with Gasteiger partial charge in [-0.3, -0.25) is 9.59 Å². The van der Waals surface area contributed by atoms with E-state index in [2.05, 4.69) is 15.2 Å². The van der Waals surface area contributed by atoms with Gasteiger partial charge in [0.15, 0.2) is 0 Å². The van der Waals surface area contributed by atoms with E-state index in [4.69, 9.17) is 4.74 Å². The fourth-order valence-electron chi connectivity index (χ4n) is 3.45. The molecule has 6 heteroatoms. The second kappa shape index (κ2) is 8.22. The Hall–Kier alpha value is -3.54. The van der Waals surface area contributed by atoms with E-state index < -0.39 is 0 Å². The Bertz CT molecular complexity index is 1080. The van der Waals surface area contributed by atoms with Crippen LogP contribution in [0.25, 0.3) is 5.69 Å². The molecule has 0 saturated heterocycles. The molecule has 0 aliphatic rings. The summed E-state index contributed by atoms with van der Waals surface area (Å²) in [5, 5.41) is 5.62. The molecule has 1 aromatic heterocycles. The van der Waals surface area contributed by atoms with E-state index in [1.54, 1.807) is 18.2 Å². The zero-order chi connectivity index (χ0) is 21.1. The molecule has 2 aromatic carbocycles. The lowest BCUT2D eigenvalue weighted by Crippen LogP contribution is -2.14. The highest BCUT2D eigenvalue weighted by molar-refractivity contribution is 6.06. The van der Waals surface area contributed by atoms with Crippen LogP contribution in [-0.2, 0) is 4.79 Å². The molecule has 0 bridgehead atoms. The van der Waals surface area contributed by atoms with Gasteiger partial charge in [0.1, 0.15) is 5.75 Å². The number of aryl methyl sites for hydroxylation is 2. The number of para-hydroxylation sites is 1. The predicted octanol–water partition coefficient (Wildman–Crippen LogP) is 4.62. The van der Waals surface area contributed by atoms with Gasteiger partial charge < -0.3 is 19.9 Å². The highest BCUT2D eigenvalue weighted by Crippen LogP contribution is 2.29. The molecule has 1 heterocycles. The number of nitrogens with one attached hydrogen (secondary N) is 2. The van der Waals surface area contributed by atoms with Gasteiger partial charge in [0.2, 0.25) is 5.91 Å². The third-order valence-corrected chi connectivity index (χ3v) is 4.80. The second-order valence-corrected chi connectivity index (χ2v) is 6.96. The summed E-state index contributed by atoms with van der Waals surface area (Å²) in [7, 11) is 1.53. The molecule has 0 saturated carbocycles. The van der Waals surface area contributed by atoms with E-state index >= 15 is 0 Å². The zero-order valence-electron chi connectivity index (χ0n) is 17.3. The largest absolute Gasteiger partial charge is 0.495 e. The average Bonchev–Trinajstić information content (AvgIpc) is 2.96. The van der Waals surface area contributed by atoms with E-state index in [1.165, 1.54) is 14.0 Å².